The van der Waals surface area contributed by atoms with Gasteiger partial charge in [0, 0.05) is 132 Å². The van der Waals surface area contributed by atoms with Crippen molar-refractivity contribution in [1.29, 1.82) is 0 Å². The predicted molar refractivity (Wildman–Crippen MR) is 463 cm³/mol. The van der Waals surface area contributed by atoms with Crippen LogP contribution in [0.4, 0.5) is 19.2 Å². The van der Waals surface area contributed by atoms with E-state index in [0.717, 1.165) is 53.4 Å². The van der Waals surface area contributed by atoms with Gasteiger partial charge in [-0.05, 0) is 104 Å². The Bertz CT molecular complexity index is 2940. The Kier molecular flexibility index (Phi) is 57.2. The van der Waals surface area contributed by atoms with Crippen molar-refractivity contribution < 1.29 is 110 Å². The third kappa shape index (κ3) is 55.4. The zero-order valence-corrected chi connectivity index (χ0v) is 76.9. The third-order valence-corrected chi connectivity index (χ3v) is 22.1. The second-order valence-electron chi connectivity index (χ2n) is 29.3. The number of carbonyl (C=O) groups excluding carboxylic acids is 15. The van der Waals surface area contributed by atoms with Gasteiger partial charge in [-0.25, -0.2) is 19.2 Å². The number of carbonyl (C=O) groups is 15. The van der Waals surface area contributed by atoms with Crippen LogP contribution in [-0.2, 0) is 90.6 Å². The maximum atomic E-state index is 12.4. The van der Waals surface area contributed by atoms with Crippen LogP contribution in [0.3, 0.4) is 0 Å². The number of rotatable bonds is 15. The molecule has 0 bridgehead atoms. The number of thiol groups is 1. The Hall–Kier alpha value is -6.11. The molecule has 7 rings (SSSR count). The van der Waals surface area contributed by atoms with E-state index >= 15 is 0 Å². The zero-order chi connectivity index (χ0) is 89.1. The summed E-state index contributed by atoms with van der Waals surface area (Å²) in [6.45, 7) is 31.4. The first-order valence-corrected chi connectivity index (χ1v) is 46.6. The van der Waals surface area contributed by atoms with Crippen molar-refractivity contribution in [3.63, 3.8) is 0 Å². The minimum absolute atomic E-state index is 0.0139. The molecule has 0 saturated carbocycles. The number of hydrogen-bond donors (Lipinski definition) is 13. The van der Waals surface area contributed by atoms with Gasteiger partial charge >= 0.3 is 48.3 Å². The molecule has 7 fully saturated rings. The topological polar surface area (TPSA) is 540 Å². The highest BCUT2D eigenvalue weighted by atomic mass is 32.2. The SMILES string of the molecule is CC(C)(C)OC(=O)N[C@H]1CSCCNC1=O.CC(C)(C)OC(=O)N[C@H]1CSCCNC1=O.CCOC(=O)CN1CCSC[C@H](N)C1=O.CCOC(=O)CN1CCSC[C@H](NC(=O)OC(C)(C)C)C1=O.CCOC(=O)CN1CCSC[C@H](NC(=O)OC(C)(C)C)C1=O.COC(=O)[C@@H](N)CS.N[C@H]1CSCCNC1=O.N[C@H]1CSCCNC1=O. The Morgan fingerprint density at radius 1 is 0.402 bits per heavy atom. The molecule has 11 amide bonds. The molecular weight excluding hydrogens is 1690 g/mol. The van der Waals surface area contributed by atoms with Crippen LogP contribution < -0.4 is 65.5 Å². The summed E-state index contributed by atoms with van der Waals surface area (Å²) in [5.74, 6) is 7.77. The number of nitrogens with one attached hydrogen (secondary N) is 8. The van der Waals surface area contributed by atoms with Crippen molar-refractivity contribution >= 4 is 185 Å². The summed E-state index contributed by atoms with van der Waals surface area (Å²) in [7, 11) is 1.30. The summed E-state index contributed by atoms with van der Waals surface area (Å²) in [5, 5.41) is 21.2. The van der Waals surface area contributed by atoms with E-state index in [1.54, 1.807) is 186 Å². The summed E-state index contributed by atoms with van der Waals surface area (Å²) in [6, 6.07) is -4.05. The fourth-order valence-electron chi connectivity index (χ4n) is 8.98. The van der Waals surface area contributed by atoms with Gasteiger partial charge < -0.3 is 118 Å². The van der Waals surface area contributed by atoms with Crippen molar-refractivity contribution in [3.8, 4) is 0 Å². The Morgan fingerprint density at radius 2 is 0.650 bits per heavy atom. The van der Waals surface area contributed by atoms with Crippen LogP contribution in [0.15, 0.2) is 0 Å². The van der Waals surface area contributed by atoms with Gasteiger partial charge in [0.25, 0.3) is 0 Å². The number of methoxy groups -OCH3 is 1. The molecule has 0 radical (unpaired) electrons. The van der Waals surface area contributed by atoms with Crippen molar-refractivity contribution in [1.82, 2.24) is 57.2 Å². The predicted octanol–water partition coefficient (Wildman–Crippen LogP) is 0.744. The van der Waals surface area contributed by atoms with Crippen LogP contribution in [0, 0.1) is 0 Å². The van der Waals surface area contributed by atoms with E-state index in [0.29, 0.717) is 85.4 Å². The molecule has 7 aliphatic rings. The van der Waals surface area contributed by atoms with Crippen LogP contribution in [0.25, 0.3) is 0 Å². The van der Waals surface area contributed by atoms with Crippen molar-refractivity contribution in [2.75, 3.05) is 179 Å². The van der Waals surface area contributed by atoms with Gasteiger partial charge in [-0.3, -0.25) is 52.7 Å². The molecule has 674 valence electrons. The first kappa shape index (κ1) is 111. The second-order valence-corrected chi connectivity index (χ2v) is 37.7. The molecule has 0 unspecified atom stereocenters. The molecule has 117 heavy (non-hydrogen) atoms. The maximum absolute atomic E-state index is 12.4. The van der Waals surface area contributed by atoms with Gasteiger partial charge in [-0.15, -0.1) is 0 Å². The molecular formula is C71H129N15O23S8. The number of alkyl carbamates (subject to hydrolysis) is 4. The van der Waals surface area contributed by atoms with Gasteiger partial charge in [0.05, 0.1) is 45.1 Å². The lowest BCUT2D eigenvalue weighted by Crippen LogP contribution is -2.51. The molecule has 0 aromatic rings. The number of nitrogens with two attached hydrogens (primary N) is 4. The number of esters is 4. The van der Waals surface area contributed by atoms with Crippen LogP contribution in [0.1, 0.15) is 104 Å². The molecule has 46 heteroatoms. The third-order valence-electron chi connectivity index (χ3n) is 14.2. The minimum atomic E-state index is -0.697. The largest absolute Gasteiger partial charge is 0.468 e. The zero-order valence-electron chi connectivity index (χ0n) is 70.3. The van der Waals surface area contributed by atoms with Crippen molar-refractivity contribution in [2.45, 2.75) is 175 Å². The van der Waals surface area contributed by atoms with Crippen LogP contribution >= 0.6 is 95.0 Å². The minimum Gasteiger partial charge on any atom is -0.468 e. The van der Waals surface area contributed by atoms with Crippen LogP contribution in [0.2, 0.25) is 0 Å². The first-order chi connectivity index (χ1) is 54.7. The molecule has 0 aromatic heterocycles. The molecule has 16 N–H and O–H groups in total. The smallest absolute Gasteiger partial charge is 0.408 e. The summed E-state index contributed by atoms with van der Waals surface area (Å²) >= 11 is 15.2. The number of amides is 11. The molecule has 8 atom stereocenters. The fourth-order valence-corrected chi connectivity index (χ4v) is 15.4. The van der Waals surface area contributed by atoms with Crippen LogP contribution in [0.5, 0.6) is 0 Å². The number of ether oxygens (including phenoxy) is 8. The molecule has 7 heterocycles. The number of nitrogens with zero attached hydrogens (tertiary/aromatic N) is 3. The quantitative estimate of drug-likeness (QED) is 0.0611. The van der Waals surface area contributed by atoms with E-state index in [4.69, 9.17) is 56.1 Å². The highest BCUT2D eigenvalue weighted by molar-refractivity contribution is 8.00. The van der Waals surface area contributed by atoms with E-state index in [-0.39, 0.29) is 92.3 Å². The van der Waals surface area contributed by atoms with Crippen molar-refractivity contribution in [3.05, 3.63) is 0 Å². The van der Waals surface area contributed by atoms with Crippen molar-refractivity contribution in [2.24, 2.45) is 22.9 Å². The lowest BCUT2D eigenvalue weighted by molar-refractivity contribution is -0.149. The Labute approximate surface area is 723 Å². The van der Waals surface area contributed by atoms with Gasteiger partial charge in [0.1, 0.15) is 72.2 Å². The average Bonchev–Trinajstić information content (AvgIpc) is 1.82. The molecule has 0 aliphatic carbocycles. The van der Waals surface area contributed by atoms with Gasteiger partial charge in [-0.1, -0.05) is 0 Å². The van der Waals surface area contributed by atoms with Gasteiger partial charge in [-0.2, -0.15) is 95.0 Å². The summed E-state index contributed by atoms with van der Waals surface area (Å²) < 4.78 is 39.3. The Balaban J connectivity index is 0.00000134. The second kappa shape index (κ2) is 60.4. The van der Waals surface area contributed by atoms with E-state index in [1.807, 2.05) is 0 Å². The van der Waals surface area contributed by atoms with Gasteiger partial charge in [0.2, 0.25) is 41.4 Å². The van der Waals surface area contributed by atoms with E-state index in [9.17, 15) is 71.9 Å². The monoisotopic (exact) mass is 1820 g/mol. The summed E-state index contributed by atoms with van der Waals surface area (Å²) in [4.78, 5) is 177. The summed E-state index contributed by atoms with van der Waals surface area (Å²) in [5.41, 5.74) is 19.4. The molecule has 38 nitrogen and oxygen atoms in total. The lowest BCUT2D eigenvalue weighted by Gasteiger charge is -2.25. The molecule has 7 saturated heterocycles. The van der Waals surface area contributed by atoms with E-state index in [2.05, 4.69) is 59.9 Å². The molecule has 7 aliphatic heterocycles. The fraction of sp³-hybridized carbons (Fsp3) is 0.789. The Morgan fingerprint density at radius 3 is 0.923 bits per heavy atom. The maximum Gasteiger partial charge on any atom is 0.408 e. The lowest BCUT2D eigenvalue weighted by atomic mass is 10.2. The number of hydrogen-bond acceptors (Lipinski definition) is 35. The van der Waals surface area contributed by atoms with Crippen LogP contribution in [-0.4, -0.2) is 354 Å². The first-order valence-electron chi connectivity index (χ1n) is 37.9. The van der Waals surface area contributed by atoms with E-state index < -0.39 is 101 Å². The highest BCUT2D eigenvalue weighted by Gasteiger charge is 2.35. The highest BCUT2D eigenvalue weighted by Crippen LogP contribution is 2.18. The summed E-state index contributed by atoms with van der Waals surface area (Å²) in [6.07, 6.45) is -2.36. The van der Waals surface area contributed by atoms with E-state index in [1.165, 1.54) is 21.8 Å². The molecule has 0 spiro atoms. The standard InChI is InChI=1S/2C14H24N2O5S.2C10H18N2O3S.C9H16N2O3S.2C5H10N2OS.C4H9NO2S/c2*1-5-20-11(17)8-16-6-7-22-9-10(12(16)18)15-13(19)21-14(2,3)4;2*1-10(2,3)15-9(14)12-7-6-16-5-4-11-8(7)13;1-2-14-8(12)5-11-3-4-15-6-7(10)9(11)13;2*6-4-3-9-2-1-7-5(4)8;1-7-4(6)3(5)2-8/h2*10H,5-9H2,1-4H3,(H,15,19);2*7H,4-6H2,1-3H3,(H,11,13)(H,12,14);7H,2-6,10H2,1H3;2*4H,1-3,6H2,(H,7,8);3,8H,2,5H2,1H3/t2*10-;3*7-;2*4-;3-/m00000000/s1. The molecule has 0 aromatic carbocycles. The average molecular weight is 1820 g/mol. The normalized spacial score (nSPS) is 21.5. The number of thioether (sulfide) groups is 7. The van der Waals surface area contributed by atoms with Gasteiger partial charge in [0.15, 0.2) is 0 Å².